The van der Waals surface area contributed by atoms with E-state index in [1.54, 1.807) is 30.6 Å². The molecule has 1 amide bonds. The van der Waals surface area contributed by atoms with Crippen molar-refractivity contribution in [2.24, 2.45) is 13.0 Å². The number of aliphatic carboxylic acids is 1. The van der Waals surface area contributed by atoms with Crippen molar-refractivity contribution in [2.45, 2.75) is 45.4 Å². The van der Waals surface area contributed by atoms with Gasteiger partial charge in [-0.25, -0.2) is 4.98 Å². The zero-order valence-electron chi connectivity index (χ0n) is 24.9. The van der Waals surface area contributed by atoms with Crippen molar-refractivity contribution in [3.05, 3.63) is 79.9 Å². The van der Waals surface area contributed by atoms with Crippen LogP contribution in [0.25, 0.3) is 11.3 Å². The SMILES string of the molecule is Cc1c(NC(=O)c2cc3c(s2)CCCC3)cccc1-c1cn(C)c(=O)c(Nc2ccc(N3CCC(C(=O)O)CC3)c(N)c2)n1. The topological polar surface area (TPSA) is 143 Å². The van der Waals surface area contributed by atoms with E-state index in [0.29, 0.717) is 48.7 Å². The molecule has 2 aromatic carbocycles. The first-order valence-corrected chi connectivity index (χ1v) is 15.7. The van der Waals surface area contributed by atoms with Crippen LogP contribution in [-0.4, -0.2) is 39.6 Å². The number of carboxylic acid groups (broad SMARTS) is 1. The van der Waals surface area contributed by atoms with Crippen molar-refractivity contribution in [1.29, 1.82) is 0 Å². The summed E-state index contributed by atoms with van der Waals surface area (Å²) >= 11 is 1.58. The normalized spacial score (nSPS) is 15.1. The van der Waals surface area contributed by atoms with Crippen LogP contribution in [0, 0.1) is 12.8 Å². The van der Waals surface area contributed by atoms with Gasteiger partial charge in [0.1, 0.15) is 0 Å². The summed E-state index contributed by atoms with van der Waals surface area (Å²) in [7, 11) is 1.68. The molecular formula is C33H36N6O4S. The number of piperidine rings is 1. The van der Waals surface area contributed by atoms with E-state index in [2.05, 4.69) is 20.5 Å². The fraction of sp³-hybridized carbons (Fsp3) is 0.333. The molecule has 0 unspecified atom stereocenters. The number of carboxylic acids is 1. The average molecular weight is 613 g/mol. The van der Waals surface area contributed by atoms with Crippen LogP contribution in [0.15, 0.2) is 53.5 Å². The quantitative estimate of drug-likeness (QED) is 0.198. The van der Waals surface area contributed by atoms with Crippen LogP contribution in [0.3, 0.4) is 0 Å². The van der Waals surface area contributed by atoms with Gasteiger partial charge in [-0.3, -0.25) is 14.4 Å². The molecule has 2 aromatic heterocycles. The van der Waals surface area contributed by atoms with Gasteiger partial charge >= 0.3 is 5.97 Å². The van der Waals surface area contributed by atoms with Gasteiger partial charge in [-0.2, -0.15) is 0 Å². The Labute approximate surface area is 259 Å². The molecule has 1 aliphatic heterocycles. The number of hydrogen-bond acceptors (Lipinski definition) is 8. The molecule has 5 N–H and O–H groups in total. The fourth-order valence-corrected chi connectivity index (χ4v) is 7.23. The lowest BCUT2D eigenvalue weighted by Crippen LogP contribution is -2.36. The summed E-state index contributed by atoms with van der Waals surface area (Å²) in [5.41, 5.74) is 12.3. The van der Waals surface area contributed by atoms with E-state index in [0.717, 1.165) is 34.5 Å². The highest BCUT2D eigenvalue weighted by Gasteiger charge is 2.25. The second kappa shape index (κ2) is 12.2. The fourth-order valence-electron chi connectivity index (χ4n) is 6.08. The second-order valence-electron chi connectivity index (χ2n) is 11.6. The second-order valence-corrected chi connectivity index (χ2v) is 12.7. The van der Waals surface area contributed by atoms with Crippen LogP contribution < -0.4 is 26.8 Å². The molecule has 3 heterocycles. The lowest BCUT2D eigenvalue weighted by atomic mass is 9.96. The van der Waals surface area contributed by atoms with Gasteiger partial charge in [-0.05, 0) is 86.9 Å². The third kappa shape index (κ3) is 5.92. The molecular weight excluding hydrogens is 576 g/mol. The number of carbonyl (C=O) groups excluding carboxylic acids is 1. The number of rotatable bonds is 7. The summed E-state index contributed by atoms with van der Waals surface area (Å²) in [5.74, 6) is -1.04. The van der Waals surface area contributed by atoms with E-state index in [1.807, 2.05) is 43.3 Å². The molecule has 44 heavy (non-hydrogen) atoms. The minimum Gasteiger partial charge on any atom is -0.481 e. The van der Waals surface area contributed by atoms with Gasteiger partial charge in [-0.1, -0.05) is 12.1 Å². The third-order valence-corrected chi connectivity index (χ3v) is 9.86. The number of carbonyl (C=O) groups is 2. The van der Waals surface area contributed by atoms with Crippen LogP contribution >= 0.6 is 11.3 Å². The van der Waals surface area contributed by atoms with E-state index < -0.39 is 5.97 Å². The van der Waals surface area contributed by atoms with Gasteiger partial charge in [0.05, 0.1) is 27.9 Å². The monoisotopic (exact) mass is 612 g/mol. The van der Waals surface area contributed by atoms with Gasteiger partial charge in [0.15, 0.2) is 5.82 Å². The highest BCUT2D eigenvalue weighted by Crippen LogP contribution is 2.33. The van der Waals surface area contributed by atoms with E-state index in [-0.39, 0.29) is 23.2 Å². The largest absolute Gasteiger partial charge is 0.481 e. The molecule has 11 heteroatoms. The summed E-state index contributed by atoms with van der Waals surface area (Å²) in [4.78, 5) is 46.4. The van der Waals surface area contributed by atoms with Crippen LogP contribution in [-0.2, 0) is 24.7 Å². The Morgan fingerprint density at radius 1 is 1.09 bits per heavy atom. The van der Waals surface area contributed by atoms with Gasteiger partial charge in [0.25, 0.3) is 11.5 Å². The van der Waals surface area contributed by atoms with Crippen LogP contribution in [0.5, 0.6) is 0 Å². The van der Waals surface area contributed by atoms with E-state index in [1.165, 1.54) is 27.8 Å². The average Bonchev–Trinajstić information content (AvgIpc) is 3.45. The van der Waals surface area contributed by atoms with Crippen LogP contribution in [0.2, 0.25) is 0 Å². The maximum absolute atomic E-state index is 13.2. The van der Waals surface area contributed by atoms with Crippen molar-refractivity contribution in [3.8, 4) is 11.3 Å². The molecule has 0 radical (unpaired) electrons. The first-order chi connectivity index (χ1) is 21.2. The number of aromatic nitrogens is 2. The summed E-state index contributed by atoms with van der Waals surface area (Å²) < 4.78 is 1.48. The maximum atomic E-state index is 13.2. The van der Waals surface area contributed by atoms with Gasteiger partial charge in [-0.15, -0.1) is 11.3 Å². The number of nitrogen functional groups attached to an aromatic ring is 1. The van der Waals surface area contributed by atoms with E-state index >= 15 is 0 Å². The van der Waals surface area contributed by atoms with Gasteiger partial charge in [0, 0.05) is 48.1 Å². The Bertz CT molecular complexity index is 1780. The lowest BCUT2D eigenvalue weighted by Gasteiger charge is -2.32. The van der Waals surface area contributed by atoms with Crippen molar-refractivity contribution in [3.63, 3.8) is 0 Å². The number of amides is 1. The van der Waals surface area contributed by atoms with Crippen LogP contribution in [0.4, 0.5) is 28.6 Å². The number of anilines is 5. The number of hydrogen-bond donors (Lipinski definition) is 4. The molecule has 0 spiro atoms. The molecule has 228 valence electrons. The van der Waals surface area contributed by atoms with Crippen molar-refractivity contribution in [2.75, 3.05) is 34.4 Å². The highest BCUT2D eigenvalue weighted by atomic mass is 32.1. The molecule has 0 bridgehead atoms. The van der Waals surface area contributed by atoms with Crippen molar-refractivity contribution >= 4 is 51.8 Å². The lowest BCUT2D eigenvalue weighted by molar-refractivity contribution is -0.142. The minimum absolute atomic E-state index is 0.118. The number of nitrogens with zero attached hydrogens (tertiary/aromatic N) is 3. The molecule has 1 aliphatic carbocycles. The molecule has 2 aliphatic rings. The van der Waals surface area contributed by atoms with E-state index in [9.17, 15) is 19.5 Å². The number of aryl methyl sites for hydroxylation is 3. The zero-order valence-corrected chi connectivity index (χ0v) is 25.7. The first-order valence-electron chi connectivity index (χ1n) is 14.9. The number of nitrogens with two attached hydrogens (primary N) is 1. The molecule has 4 aromatic rings. The maximum Gasteiger partial charge on any atom is 0.306 e. The van der Waals surface area contributed by atoms with Crippen molar-refractivity contribution in [1.82, 2.24) is 9.55 Å². The minimum atomic E-state index is -0.753. The summed E-state index contributed by atoms with van der Waals surface area (Å²) in [6, 6.07) is 13.2. The Morgan fingerprint density at radius 2 is 1.86 bits per heavy atom. The summed E-state index contributed by atoms with van der Waals surface area (Å²) in [5, 5.41) is 15.5. The third-order valence-electron chi connectivity index (χ3n) is 8.62. The molecule has 1 fully saturated rings. The predicted octanol–water partition coefficient (Wildman–Crippen LogP) is 5.58. The number of fused-ring (bicyclic) bond motifs is 1. The molecule has 0 saturated carbocycles. The van der Waals surface area contributed by atoms with Gasteiger partial charge in [0.2, 0.25) is 0 Å². The molecule has 1 saturated heterocycles. The Hall–Kier alpha value is -4.64. The Balaban J connectivity index is 1.22. The van der Waals surface area contributed by atoms with Crippen molar-refractivity contribution < 1.29 is 14.7 Å². The smallest absolute Gasteiger partial charge is 0.306 e. The predicted molar refractivity (Wildman–Crippen MR) is 175 cm³/mol. The Morgan fingerprint density at radius 3 is 2.59 bits per heavy atom. The number of benzene rings is 2. The van der Waals surface area contributed by atoms with Crippen LogP contribution in [0.1, 0.15) is 51.4 Å². The zero-order chi connectivity index (χ0) is 31.0. The van der Waals surface area contributed by atoms with Gasteiger partial charge < -0.3 is 30.9 Å². The number of thiophene rings is 1. The molecule has 10 nitrogen and oxygen atoms in total. The molecule has 0 atom stereocenters. The number of nitrogens with one attached hydrogen (secondary N) is 2. The van der Waals surface area contributed by atoms with E-state index in [4.69, 9.17) is 5.73 Å². The first kappa shape index (κ1) is 29.4. The standard InChI is InChI=1S/C33H36N6O4S/c1-19-23(7-5-8-25(19)37-31(40)29-16-21-6-3-4-9-28(21)44-29)26-18-38(2)32(41)30(36-26)35-22-10-11-27(24(34)17-22)39-14-12-20(13-15-39)33(42)43/h5,7-8,10-11,16-18,20H,3-4,6,9,12-15,34H2,1-2H3,(H,35,36)(H,37,40)(H,42,43). The summed E-state index contributed by atoms with van der Waals surface area (Å²) in [6.07, 6.45) is 7.25. The Kier molecular flexibility index (Phi) is 8.13. The molecule has 6 rings (SSSR count). The highest BCUT2D eigenvalue weighted by molar-refractivity contribution is 7.14. The summed E-state index contributed by atoms with van der Waals surface area (Å²) in [6.45, 7) is 3.17.